The average molecular weight is 403 g/mol. The molecule has 158 valence electrons. The van der Waals surface area contributed by atoms with Crippen LogP contribution >= 0.6 is 0 Å². The van der Waals surface area contributed by atoms with Gasteiger partial charge in [0.25, 0.3) is 5.91 Å². The molecule has 2 fully saturated rings. The molecule has 8 heteroatoms. The predicted octanol–water partition coefficient (Wildman–Crippen LogP) is 0.616. The highest BCUT2D eigenvalue weighted by Crippen LogP contribution is 2.46. The number of amides is 4. The SMILES string of the molecule is CNC1CCC2=C3C(CCCC31)C(=O)N(CCOCCN1C(=O)CCC1=O)C2=O. The Labute approximate surface area is 170 Å². The van der Waals surface area contributed by atoms with Gasteiger partial charge in [0, 0.05) is 24.5 Å². The fourth-order valence-electron chi connectivity index (χ4n) is 5.39. The number of ether oxygens (including phenoxy) is 1. The lowest BCUT2D eigenvalue weighted by molar-refractivity contribution is -0.148. The summed E-state index contributed by atoms with van der Waals surface area (Å²) in [5, 5.41) is 3.37. The summed E-state index contributed by atoms with van der Waals surface area (Å²) in [6.07, 6.45) is 5.04. The third-order valence-electron chi connectivity index (χ3n) is 6.83. The zero-order chi connectivity index (χ0) is 20.5. The van der Waals surface area contributed by atoms with Gasteiger partial charge in [-0.25, -0.2) is 0 Å². The number of hydrogen-bond donors (Lipinski definition) is 1. The third kappa shape index (κ3) is 3.64. The van der Waals surface area contributed by atoms with E-state index in [-0.39, 0.29) is 68.7 Å². The number of likely N-dealkylation sites (tertiary alicyclic amines) is 1. The highest BCUT2D eigenvalue weighted by molar-refractivity contribution is 6.09. The summed E-state index contributed by atoms with van der Waals surface area (Å²) in [4.78, 5) is 51.9. The van der Waals surface area contributed by atoms with E-state index >= 15 is 0 Å². The smallest absolute Gasteiger partial charge is 0.256 e. The van der Waals surface area contributed by atoms with Crippen molar-refractivity contribution in [1.29, 1.82) is 0 Å². The first-order valence-electron chi connectivity index (χ1n) is 10.7. The van der Waals surface area contributed by atoms with Crippen LogP contribution in [0.2, 0.25) is 0 Å². The first-order chi connectivity index (χ1) is 14.0. The predicted molar refractivity (Wildman–Crippen MR) is 103 cm³/mol. The van der Waals surface area contributed by atoms with Crippen LogP contribution in [0, 0.1) is 11.8 Å². The maximum absolute atomic E-state index is 13.1. The Morgan fingerprint density at radius 2 is 1.62 bits per heavy atom. The number of imide groups is 2. The average Bonchev–Trinajstić information content (AvgIpc) is 3.05. The van der Waals surface area contributed by atoms with Crippen molar-refractivity contribution >= 4 is 23.6 Å². The molecule has 2 heterocycles. The number of carbonyl (C=O) groups is 4. The molecule has 1 saturated carbocycles. The standard InChI is InChI=1S/C21H29N3O5/c1-22-16-6-5-15-19-13(16)3-2-4-14(19)20(27)24(21(15)28)10-12-29-11-9-23-17(25)7-8-18(23)26/h13-14,16,22H,2-12H2,1H3. The van der Waals surface area contributed by atoms with Gasteiger partial charge >= 0.3 is 0 Å². The summed E-state index contributed by atoms with van der Waals surface area (Å²) >= 11 is 0. The molecular weight excluding hydrogens is 374 g/mol. The van der Waals surface area contributed by atoms with E-state index in [0.29, 0.717) is 12.0 Å². The van der Waals surface area contributed by atoms with Crippen LogP contribution < -0.4 is 5.32 Å². The van der Waals surface area contributed by atoms with Gasteiger partial charge in [0.05, 0.1) is 32.2 Å². The van der Waals surface area contributed by atoms with Crippen LogP contribution in [0.3, 0.4) is 0 Å². The molecule has 1 saturated heterocycles. The maximum atomic E-state index is 13.1. The van der Waals surface area contributed by atoms with E-state index in [4.69, 9.17) is 4.74 Å². The molecule has 4 rings (SSSR count). The monoisotopic (exact) mass is 403 g/mol. The lowest BCUT2D eigenvalue weighted by atomic mass is 9.65. The molecule has 0 bridgehead atoms. The van der Waals surface area contributed by atoms with Crippen LogP contribution in [0.4, 0.5) is 0 Å². The van der Waals surface area contributed by atoms with Crippen molar-refractivity contribution in [2.45, 2.75) is 51.0 Å². The Kier molecular flexibility index (Phi) is 5.83. The number of nitrogens with zero attached hydrogens (tertiary/aromatic N) is 2. The summed E-state index contributed by atoms with van der Waals surface area (Å²) < 4.78 is 5.55. The van der Waals surface area contributed by atoms with Crippen LogP contribution in [0.1, 0.15) is 44.9 Å². The van der Waals surface area contributed by atoms with Gasteiger partial charge in [-0.05, 0) is 44.2 Å². The van der Waals surface area contributed by atoms with Gasteiger partial charge < -0.3 is 10.1 Å². The molecule has 0 radical (unpaired) electrons. The summed E-state index contributed by atoms with van der Waals surface area (Å²) in [5.41, 5.74) is 1.94. The minimum absolute atomic E-state index is 0.0938. The van der Waals surface area contributed by atoms with Crippen molar-refractivity contribution in [3.05, 3.63) is 11.1 Å². The summed E-state index contributed by atoms with van der Waals surface area (Å²) in [6.45, 7) is 0.875. The normalized spacial score (nSPS) is 29.8. The first kappa shape index (κ1) is 20.2. The van der Waals surface area contributed by atoms with E-state index in [9.17, 15) is 19.2 Å². The van der Waals surface area contributed by atoms with Gasteiger partial charge in [-0.3, -0.25) is 29.0 Å². The molecule has 29 heavy (non-hydrogen) atoms. The fourth-order valence-corrected chi connectivity index (χ4v) is 5.39. The minimum atomic E-state index is -0.169. The van der Waals surface area contributed by atoms with Crippen LogP contribution in [-0.2, 0) is 23.9 Å². The maximum Gasteiger partial charge on any atom is 0.256 e. The second kappa shape index (κ2) is 8.36. The lowest BCUT2D eigenvalue weighted by Gasteiger charge is -2.46. The molecular formula is C21H29N3O5. The molecule has 2 aliphatic carbocycles. The summed E-state index contributed by atoms with van der Waals surface area (Å²) in [5.74, 6) is -0.450. The van der Waals surface area contributed by atoms with Crippen LogP contribution in [-0.4, -0.2) is 72.8 Å². The molecule has 0 aromatic heterocycles. The van der Waals surface area contributed by atoms with Crippen molar-refractivity contribution in [2.75, 3.05) is 33.4 Å². The minimum Gasteiger partial charge on any atom is -0.378 e. The lowest BCUT2D eigenvalue weighted by Crippen LogP contribution is -2.53. The van der Waals surface area contributed by atoms with Crippen molar-refractivity contribution in [1.82, 2.24) is 15.1 Å². The van der Waals surface area contributed by atoms with Gasteiger partial charge in [0.2, 0.25) is 17.7 Å². The van der Waals surface area contributed by atoms with E-state index < -0.39 is 0 Å². The van der Waals surface area contributed by atoms with E-state index in [1.54, 1.807) is 0 Å². The van der Waals surface area contributed by atoms with Crippen molar-refractivity contribution < 1.29 is 23.9 Å². The zero-order valence-electron chi connectivity index (χ0n) is 16.9. The Morgan fingerprint density at radius 3 is 2.31 bits per heavy atom. The second-order valence-corrected chi connectivity index (χ2v) is 8.30. The van der Waals surface area contributed by atoms with Crippen LogP contribution in [0.15, 0.2) is 11.1 Å². The fraction of sp³-hybridized carbons (Fsp3) is 0.714. The van der Waals surface area contributed by atoms with Gasteiger partial charge in [-0.2, -0.15) is 0 Å². The van der Waals surface area contributed by atoms with E-state index in [1.807, 2.05) is 7.05 Å². The van der Waals surface area contributed by atoms with Gasteiger partial charge in [-0.1, -0.05) is 6.42 Å². The topological polar surface area (TPSA) is 96.0 Å². The van der Waals surface area contributed by atoms with Crippen molar-refractivity contribution in [3.63, 3.8) is 0 Å². The van der Waals surface area contributed by atoms with Gasteiger partial charge in [0.15, 0.2) is 0 Å². The van der Waals surface area contributed by atoms with Gasteiger partial charge in [-0.15, -0.1) is 0 Å². The number of carbonyl (C=O) groups excluding carboxylic acids is 4. The van der Waals surface area contributed by atoms with E-state index in [2.05, 4.69) is 5.32 Å². The molecule has 1 N–H and O–H groups in total. The zero-order valence-corrected chi connectivity index (χ0v) is 16.9. The highest BCUT2D eigenvalue weighted by Gasteiger charge is 2.47. The first-order valence-corrected chi connectivity index (χ1v) is 10.7. The molecule has 4 aliphatic rings. The quantitative estimate of drug-likeness (QED) is 0.494. The van der Waals surface area contributed by atoms with Crippen molar-refractivity contribution in [2.24, 2.45) is 11.8 Å². The highest BCUT2D eigenvalue weighted by atomic mass is 16.5. The Morgan fingerprint density at radius 1 is 0.931 bits per heavy atom. The number of nitrogens with one attached hydrogen (secondary N) is 1. The number of rotatable bonds is 7. The molecule has 2 aliphatic heterocycles. The molecule has 0 aromatic carbocycles. The van der Waals surface area contributed by atoms with Crippen molar-refractivity contribution in [3.8, 4) is 0 Å². The molecule has 3 atom stereocenters. The molecule has 4 amide bonds. The van der Waals surface area contributed by atoms with Crippen LogP contribution in [0.5, 0.6) is 0 Å². The summed E-state index contributed by atoms with van der Waals surface area (Å²) in [6, 6.07) is 0.350. The molecule has 8 nitrogen and oxygen atoms in total. The second-order valence-electron chi connectivity index (χ2n) is 8.30. The van der Waals surface area contributed by atoms with E-state index in [1.165, 1.54) is 9.80 Å². The largest absolute Gasteiger partial charge is 0.378 e. The molecule has 0 aromatic rings. The number of hydrogen-bond acceptors (Lipinski definition) is 6. The molecule has 0 spiro atoms. The van der Waals surface area contributed by atoms with Crippen LogP contribution in [0.25, 0.3) is 0 Å². The third-order valence-corrected chi connectivity index (χ3v) is 6.83. The summed E-state index contributed by atoms with van der Waals surface area (Å²) in [7, 11) is 1.96. The molecule has 3 unspecified atom stereocenters. The van der Waals surface area contributed by atoms with E-state index in [0.717, 1.165) is 43.3 Å². The Balaban J connectivity index is 1.36. The van der Waals surface area contributed by atoms with Gasteiger partial charge in [0.1, 0.15) is 0 Å². The Hall–Kier alpha value is -2.06. The Bertz CT molecular complexity index is 745.